The number of primary amides is 1. The van der Waals surface area contributed by atoms with Crippen molar-refractivity contribution >= 4 is 64.9 Å². The molecule has 0 saturated heterocycles. The Balaban J connectivity index is 1.23. The first-order valence-electron chi connectivity index (χ1n) is 28.7. The molecule has 0 aliphatic heterocycles. The molecule has 2 aliphatic rings. The minimum atomic E-state index is -1.16. The number of unbranched alkanes of at least 4 members (excludes halogenated alkanes) is 2. The van der Waals surface area contributed by atoms with E-state index in [1.807, 2.05) is 74.5 Å². The van der Waals surface area contributed by atoms with Gasteiger partial charge in [-0.3, -0.25) is 28.8 Å². The Kier molecular flexibility index (Phi) is 32.7. The van der Waals surface area contributed by atoms with Gasteiger partial charge in [-0.15, -0.1) is 0 Å². The number of ether oxygens (including phenoxy) is 2. The van der Waals surface area contributed by atoms with Crippen LogP contribution in [0, 0.1) is 17.8 Å². The Morgan fingerprint density at radius 3 is 1.40 bits per heavy atom. The van der Waals surface area contributed by atoms with Crippen molar-refractivity contribution in [1.29, 1.82) is 0 Å². The number of aliphatic carboxylic acids is 1. The van der Waals surface area contributed by atoms with Crippen LogP contribution in [0.2, 0.25) is 0 Å². The van der Waals surface area contributed by atoms with Crippen molar-refractivity contribution in [1.82, 2.24) is 26.6 Å². The highest BCUT2D eigenvalue weighted by molar-refractivity contribution is 7.99. The molecule has 2 aromatic carbocycles. The van der Waals surface area contributed by atoms with Crippen molar-refractivity contribution in [3.8, 4) is 0 Å². The number of nitrogens with one attached hydrogen (secondary N) is 5. The van der Waals surface area contributed by atoms with E-state index in [1.54, 1.807) is 0 Å². The van der Waals surface area contributed by atoms with E-state index in [9.17, 15) is 38.7 Å². The summed E-state index contributed by atoms with van der Waals surface area (Å²) < 4.78 is 11.6. The maximum atomic E-state index is 14.0. The molecule has 1 unspecified atom stereocenters. The fourth-order valence-electron chi connectivity index (χ4n) is 9.99. The third-order valence-corrected chi connectivity index (χ3v) is 16.8. The first-order valence-corrected chi connectivity index (χ1v) is 31.0. The van der Waals surface area contributed by atoms with Crippen LogP contribution in [0.15, 0.2) is 60.7 Å². The predicted octanol–water partition coefficient (Wildman–Crippen LogP) is 7.68. The summed E-state index contributed by atoms with van der Waals surface area (Å²) >= 11 is 2.88. The average Bonchev–Trinajstić information content (AvgIpc) is 3.43. The SMILES string of the molecule is CCC(C)C[C@H](NC(=O)[C@H](CSCCOCCOCCSC[C@H](NC(=O)CCCCC1CCCCC1)C(=O)N[C@@H](Cc1ccccc1)C(=O)O)NC(=O)CCCCC1CCCCC1)C(=O)N[C@@H](Cc1ccccc1)C(N)=O. The number of hydrogen-bond donors (Lipinski definition) is 7. The second-order valence-electron chi connectivity index (χ2n) is 21.2. The van der Waals surface area contributed by atoms with Crippen LogP contribution >= 0.6 is 23.5 Å². The number of carbonyl (C=O) groups excluding carboxylic acids is 6. The van der Waals surface area contributed by atoms with Crippen LogP contribution in [-0.4, -0.2) is 126 Å². The number of hydrogen-bond acceptors (Lipinski definition) is 11. The molecule has 77 heavy (non-hydrogen) atoms. The molecule has 8 N–H and O–H groups in total. The van der Waals surface area contributed by atoms with Crippen molar-refractivity contribution < 1.29 is 48.1 Å². The lowest BCUT2D eigenvalue weighted by Crippen LogP contribution is -2.57. The van der Waals surface area contributed by atoms with Gasteiger partial charge < -0.3 is 46.9 Å². The van der Waals surface area contributed by atoms with E-state index in [4.69, 9.17) is 15.2 Å². The third-order valence-electron chi connectivity index (χ3n) is 14.8. The highest BCUT2D eigenvalue weighted by Crippen LogP contribution is 2.29. The minimum Gasteiger partial charge on any atom is -0.480 e. The average molecular weight is 1110 g/mol. The normalized spacial score (nSPS) is 16.4. The molecule has 0 bridgehead atoms. The van der Waals surface area contributed by atoms with Gasteiger partial charge in [0.2, 0.25) is 35.4 Å². The molecule has 2 aliphatic carbocycles. The van der Waals surface area contributed by atoms with Crippen LogP contribution in [0.25, 0.3) is 0 Å². The fourth-order valence-corrected chi connectivity index (χ4v) is 11.7. The maximum absolute atomic E-state index is 14.0. The second kappa shape index (κ2) is 38.8. The van der Waals surface area contributed by atoms with Crippen LogP contribution in [0.5, 0.6) is 0 Å². The summed E-state index contributed by atoms with van der Waals surface area (Å²) in [6.45, 7) is 5.35. The smallest absolute Gasteiger partial charge is 0.326 e. The van der Waals surface area contributed by atoms with Gasteiger partial charge in [-0.25, -0.2) is 4.79 Å². The third kappa shape index (κ3) is 28.2. The number of amides is 6. The van der Waals surface area contributed by atoms with Crippen molar-refractivity contribution in [3.63, 3.8) is 0 Å². The van der Waals surface area contributed by atoms with Gasteiger partial charge >= 0.3 is 5.97 Å². The van der Waals surface area contributed by atoms with Gasteiger partial charge in [0.25, 0.3) is 0 Å². The standard InChI is InChI=1S/C59H92N6O10S2/c1-3-43(2)38-49(56(69)63-48(55(60)68)39-46-26-12-6-13-27-46)64-57(70)51(61-53(66)30-18-16-24-44-20-8-4-9-21-44)41-76-36-34-74-32-33-75-35-37-77-42-52(62-54(67)31-19-17-25-45-22-10-5-11-23-45)58(71)65-50(59(72)73)40-47-28-14-7-15-29-47/h6-7,12-15,26-29,43-45,48-52H,3-5,8-11,16-25,30-42H2,1-2H3,(H2,60,68)(H,61,66)(H,62,67)(H,63,69)(H,64,70)(H,65,71)(H,72,73)/t43?,48-,49-,50-,51-,52-/m0/s1. The molecule has 4 rings (SSSR count). The highest BCUT2D eigenvalue weighted by atomic mass is 32.2. The zero-order valence-corrected chi connectivity index (χ0v) is 47.8. The van der Waals surface area contributed by atoms with Gasteiger partial charge in [0, 0.05) is 48.7 Å². The van der Waals surface area contributed by atoms with E-state index in [0.29, 0.717) is 57.2 Å². The topological polar surface area (TPSA) is 244 Å². The number of carbonyl (C=O) groups is 7. The van der Waals surface area contributed by atoms with E-state index in [0.717, 1.165) is 67.9 Å². The lowest BCUT2D eigenvalue weighted by molar-refractivity contribution is -0.142. The van der Waals surface area contributed by atoms with E-state index >= 15 is 0 Å². The molecule has 430 valence electrons. The van der Waals surface area contributed by atoms with Crippen molar-refractivity contribution in [3.05, 3.63) is 71.8 Å². The first kappa shape index (κ1) is 64.9. The molecule has 0 heterocycles. The molecule has 2 aromatic rings. The summed E-state index contributed by atoms with van der Waals surface area (Å²) in [5, 5.41) is 24.1. The number of benzene rings is 2. The lowest BCUT2D eigenvalue weighted by atomic mass is 9.85. The Hall–Kier alpha value is -4.65. The Labute approximate surface area is 467 Å². The van der Waals surface area contributed by atoms with Gasteiger partial charge in [-0.1, -0.05) is 171 Å². The zero-order chi connectivity index (χ0) is 55.5. The number of nitrogens with two attached hydrogens (primary N) is 1. The monoisotopic (exact) mass is 1110 g/mol. The summed E-state index contributed by atoms with van der Waals surface area (Å²) in [6.07, 6.45) is 20.3. The van der Waals surface area contributed by atoms with E-state index in [2.05, 4.69) is 26.6 Å². The summed E-state index contributed by atoms with van der Waals surface area (Å²) in [7, 11) is 0. The molecule has 2 saturated carbocycles. The van der Waals surface area contributed by atoms with Crippen LogP contribution in [0.1, 0.15) is 153 Å². The summed E-state index contributed by atoms with van der Waals surface area (Å²) in [5.74, 6) is -0.752. The van der Waals surface area contributed by atoms with Crippen LogP contribution < -0.4 is 32.3 Å². The maximum Gasteiger partial charge on any atom is 0.326 e. The fraction of sp³-hybridized carbons (Fsp3) is 0.678. The molecule has 2 fully saturated rings. The zero-order valence-electron chi connectivity index (χ0n) is 46.1. The van der Waals surface area contributed by atoms with Crippen LogP contribution in [0.3, 0.4) is 0 Å². The highest BCUT2D eigenvalue weighted by Gasteiger charge is 2.31. The number of thioether (sulfide) groups is 2. The molecule has 6 atom stereocenters. The van der Waals surface area contributed by atoms with Crippen LogP contribution in [0.4, 0.5) is 0 Å². The van der Waals surface area contributed by atoms with Gasteiger partial charge in [0.15, 0.2) is 0 Å². The van der Waals surface area contributed by atoms with Crippen molar-refractivity contribution in [2.75, 3.05) is 49.4 Å². The number of carboxylic acids is 1. The molecular weight excluding hydrogens is 1020 g/mol. The summed E-state index contributed by atoms with van der Waals surface area (Å²) in [6, 6.07) is 13.4. The van der Waals surface area contributed by atoms with Gasteiger partial charge in [0.05, 0.1) is 26.4 Å². The molecule has 6 amide bonds. The Morgan fingerprint density at radius 2 is 0.974 bits per heavy atom. The number of carboxylic acid groups (broad SMARTS) is 1. The molecule has 0 spiro atoms. The molecule has 0 radical (unpaired) electrons. The molecule has 16 nitrogen and oxygen atoms in total. The quantitative estimate of drug-likeness (QED) is 0.0318. The minimum absolute atomic E-state index is 0.0733. The molecular formula is C59H92N6O10S2. The molecule has 18 heteroatoms. The van der Waals surface area contributed by atoms with Crippen LogP contribution in [-0.2, 0) is 55.9 Å². The predicted molar refractivity (Wildman–Crippen MR) is 307 cm³/mol. The van der Waals surface area contributed by atoms with E-state index < -0.39 is 59.8 Å². The first-order chi connectivity index (χ1) is 37.3. The Morgan fingerprint density at radius 1 is 0.558 bits per heavy atom. The molecule has 0 aromatic heterocycles. The van der Waals surface area contributed by atoms with Gasteiger partial charge in [-0.05, 0) is 48.1 Å². The summed E-state index contributed by atoms with van der Waals surface area (Å²) in [5.41, 5.74) is 7.34. The second-order valence-corrected chi connectivity index (χ2v) is 23.5. The summed E-state index contributed by atoms with van der Waals surface area (Å²) in [4.78, 5) is 92.5. The van der Waals surface area contributed by atoms with Crippen molar-refractivity contribution in [2.24, 2.45) is 23.5 Å². The van der Waals surface area contributed by atoms with E-state index in [1.165, 1.54) is 87.7 Å². The lowest BCUT2D eigenvalue weighted by Gasteiger charge is -2.26. The number of rotatable bonds is 40. The van der Waals surface area contributed by atoms with E-state index in [-0.39, 0.29) is 42.1 Å². The largest absolute Gasteiger partial charge is 0.480 e. The van der Waals surface area contributed by atoms with Gasteiger partial charge in [-0.2, -0.15) is 23.5 Å². The Bertz CT molecular complexity index is 2030. The van der Waals surface area contributed by atoms with Gasteiger partial charge in [0.1, 0.15) is 30.2 Å². The van der Waals surface area contributed by atoms with Crippen molar-refractivity contribution in [2.45, 2.75) is 185 Å².